The van der Waals surface area contributed by atoms with Crippen LogP contribution in [-0.2, 0) is 10.0 Å². The summed E-state index contributed by atoms with van der Waals surface area (Å²) in [6, 6.07) is 0.124. The van der Waals surface area contributed by atoms with E-state index in [2.05, 4.69) is 4.72 Å². The summed E-state index contributed by atoms with van der Waals surface area (Å²) in [7, 11) is -3.03. The van der Waals surface area contributed by atoms with Crippen LogP contribution in [0.15, 0.2) is 0 Å². The highest BCUT2D eigenvalue weighted by molar-refractivity contribution is 7.89. The van der Waals surface area contributed by atoms with Crippen molar-refractivity contribution in [2.24, 2.45) is 11.7 Å². The van der Waals surface area contributed by atoms with Crippen molar-refractivity contribution in [3.8, 4) is 0 Å². The maximum Gasteiger partial charge on any atom is 0.211 e. The number of nitrogens with two attached hydrogens (primary N) is 1. The lowest BCUT2D eigenvalue weighted by molar-refractivity contribution is 0.523. The quantitative estimate of drug-likeness (QED) is 0.683. The summed E-state index contributed by atoms with van der Waals surface area (Å²) in [5.74, 6) is 0.668. The van der Waals surface area contributed by atoms with Crippen molar-refractivity contribution in [1.82, 2.24) is 4.72 Å². The summed E-state index contributed by atoms with van der Waals surface area (Å²) in [5.41, 5.74) is 5.52. The molecule has 1 aliphatic carbocycles. The molecule has 5 heteroatoms. The summed E-state index contributed by atoms with van der Waals surface area (Å²) in [6.45, 7) is 2.32. The summed E-state index contributed by atoms with van der Waals surface area (Å²) >= 11 is 0. The molecule has 0 aromatic heterocycles. The second-order valence-electron chi connectivity index (χ2n) is 3.63. The van der Waals surface area contributed by atoms with E-state index in [4.69, 9.17) is 5.73 Å². The van der Waals surface area contributed by atoms with Crippen LogP contribution >= 0.6 is 0 Å². The van der Waals surface area contributed by atoms with Crippen molar-refractivity contribution >= 4 is 10.0 Å². The molecule has 78 valence electrons. The predicted molar refractivity (Wildman–Crippen MR) is 52.8 cm³/mol. The van der Waals surface area contributed by atoms with Crippen LogP contribution in [0.25, 0.3) is 0 Å². The van der Waals surface area contributed by atoms with Gasteiger partial charge in [0.2, 0.25) is 10.0 Å². The highest BCUT2D eigenvalue weighted by atomic mass is 32.2. The van der Waals surface area contributed by atoms with Gasteiger partial charge in [-0.2, -0.15) is 0 Å². The van der Waals surface area contributed by atoms with Crippen LogP contribution in [0.3, 0.4) is 0 Å². The molecule has 2 unspecified atom stereocenters. The van der Waals surface area contributed by atoms with E-state index in [0.717, 1.165) is 19.3 Å². The SMILES string of the molecule is CCS(=O)(=O)NC1CCC(CN)C1. The first-order chi connectivity index (χ1) is 6.07. The van der Waals surface area contributed by atoms with Gasteiger partial charge in [-0.25, -0.2) is 13.1 Å². The zero-order valence-electron chi connectivity index (χ0n) is 7.99. The molecule has 1 aliphatic rings. The zero-order chi connectivity index (χ0) is 9.90. The van der Waals surface area contributed by atoms with Gasteiger partial charge in [0.1, 0.15) is 0 Å². The average molecular weight is 206 g/mol. The molecule has 2 atom stereocenters. The largest absolute Gasteiger partial charge is 0.330 e. The minimum atomic E-state index is -3.03. The van der Waals surface area contributed by atoms with Crippen molar-refractivity contribution in [1.29, 1.82) is 0 Å². The van der Waals surface area contributed by atoms with E-state index in [1.54, 1.807) is 6.92 Å². The molecule has 1 saturated carbocycles. The van der Waals surface area contributed by atoms with E-state index in [0.29, 0.717) is 12.5 Å². The molecule has 0 heterocycles. The highest BCUT2D eigenvalue weighted by Gasteiger charge is 2.26. The minimum Gasteiger partial charge on any atom is -0.330 e. The molecular formula is C8H18N2O2S. The van der Waals surface area contributed by atoms with Crippen molar-refractivity contribution < 1.29 is 8.42 Å². The number of rotatable bonds is 4. The summed E-state index contributed by atoms with van der Waals surface area (Å²) in [4.78, 5) is 0. The lowest BCUT2D eigenvalue weighted by atomic mass is 10.1. The van der Waals surface area contributed by atoms with Crippen LogP contribution < -0.4 is 10.5 Å². The van der Waals surface area contributed by atoms with Gasteiger partial charge in [-0.3, -0.25) is 0 Å². The van der Waals surface area contributed by atoms with Crippen LogP contribution in [0.4, 0.5) is 0 Å². The monoisotopic (exact) mass is 206 g/mol. The molecule has 0 radical (unpaired) electrons. The second-order valence-corrected chi connectivity index (χ2v) is 5.68. The summed E-state index contributed by atoms with van der Waals surface area (Å²) < 4.78 is 25.1. The van der Waals surface area contributed by atoms with E-state index in [1.165, 1.54) is 0 Å². The van der Waals surface area contributed by atoms with Gasteiger partial charge >= 0.3 is 0 Å². The standard InChI is InChI=1S/C8H18N2O2S/c1-2-13(11,12)10-8-4-3-7(5-8)6-9/h7-8,10H,2-6,9H2,1H3. The lowest BCUT2D eigenvalue weighted by Crippen LogP contribution is -2.34. The van der Waals surface area contributed by atoms with Gasteiger partial charge in [-0.1, -0.05) is 0 Å². The molecule has 0 aromatic carbocycles. The van der Waals surface area contributed by atoms with Gasteiger partial charge in [0.25, 0.3) is 0 Å². The summed E-state index contributed by atoms with van der Waals surface area (Å²) in [6.07, 6.45) is 2.88. The second kappa shape index (κ2) is 4.39. The van der Waals surface area contributed by atoms with Gasteiger partial charge in [0.05, 0.1) is 5.75 Å². The van der Waals surface area contributed by atoms with E-state index >= 15 is 0 Å². The first-order valence-corrected chi connectivity index (χ1v) is 6.42. The smallest absolute Gasteiger partial charge is 0.211 e. The third-order valence-corrected chi connectivity index (χ3v) is 4.05. The number of hydrogen-bond donors (Lipinski definition) is 2. The molecule has 0 aromatic rings. The molecule has 1 fully saturated rings. The van der Waals surface area contributed by atoms with Gasteiger partial charge in [-0.15, -0.1) is 0 Å². The highest BCUT2D eigenvalue weighted by Crippen LogP contribution is 2.24. The Bertz CT molecular complexity index is 251. The third kappa shape index (κ3) is 3.25. The Morgan fingerprint density at radius 2 is 2.15 bits per heavy atom. The Kier molecular flexibility index (Phi) is 3.70. The molecule has 3 N–H and O–H groups in total. The molecule has 0 spiro atoms. The molecule has 1 rings (SSSR count). The molecule has 0 amide bonds. The number of nitrogens with one attached hydrogen (secondary N) is 1. The molecular weight excluding hydrogens is 188 g/mol. The van der Waals surface area contributed by atoms with Gasteiger partial charge in [-0.05, 0) is 38.6 Å². The van der Waals surface area contributed by atoms with Crippen LogP contribution in [0, 0.1) is 5.92 Å². The van der Waals surface area contributed by atoms with Crippen LogP contribution in [0.2, 0.25) is 0 Å². The van der Waals surface area contributed by atoms with Crippen molar-refractivity contribution in [3.63, 3.8) is 0 Å². The Morgan fingerprint density at radius 1 is 1.46 bits per heavy atom. The van der Waals surface area contributed by atoms with Crippen LogP contribution in [0.1, 0.15) is 26.2 Å². The van der Waals surface area contributed by atoms with Crippen molar-refractivity contribution in [2.75, 3.05) is 12.3 Å². The molecule has 0 saturated heterocycles. The molecule has 4 nitrogen and oxygen atoms in total. The van der Waals surface area contributed by atoms with Gasteiger partial charge in [0.15, 0.2) is 0 Å². The van der Waals surface area contributed by atoms with Gasteiger partial charge in [0, 0.05) is 6.04 Å². The first-order valence-electron chi connectivity index (χ1n) is 4.77. The maximum absolute atomic E-state index is 11.2. The van der Waals surface area contributed by atoms with Crippen LogP contribution in [0.5, 0.6) is 0 Å². The fourth-order valence-corrected chi connectivity index (χ4v) is 2.62. The van der Waals surface area contributed by atoms with E-state index in [9.17, 15) is 8.42 Å². The third-order valence-electron chi connectivity index (χ3n) is 2.60. The minimum absolute atomic E-state index is 0.124. The number of sulfonamides is 1. The van der Waals surface area contributed by atoms with E-state index < -0.39 is 10.0 Å². The fraction of sp³-hybridized carbons (Fsp3) is 1.00. The Balaban J connectivity index is 2.40. The topological polar surface area (TPSA) is 72.2 Å². The molecule has 13 heavy (non-hydrogen) atoms. The van der Waals surface area contributed by atoms with Crippen molar-refractivity contribution in [2.45, 2.75) is 32.2 Å². The van der Waals surface area contributed by atoms with E-state index in [1.807, 2.05) is 0 Å². The predicted octanol–water partition coefficient (Wildman–Crippen LogP) is 0.0531. The Hall–Kier alpha value is -0.130. The van der Waals surface area contributed by atoms with Crippen LogP contribution in [-0.4, -0.2) is 26.8 Å². The lowest BCUT2D eigenvalue weighted by Gasteiger charge is -2.11. The summed E-state index contributed by atoms with van der Waals surface area (Å²) in [5, 5.41) is 0. The van der Waals surface area contributed by atoms with E-state index in [-0.39, 0.29) is 11.8 Å². The zero-order valence-corrected chi connectivity index (χ0v) is 8.81. The average Bonchev–Trinajstić information content (AvgIpc) is 2.52. The number of hydrogen-bond acceptors (Lipinski definition) is 3. The van der Waals surface area contributed by atoms with Crippen molar-refractivity contribution in [3.05, 3.63) is 0 Å². The normalized spacial score (nSPS) is 29.4. The Labute approximate surface area is 79.9 Å². The maximum atomic E-state index is 11.2. The fourth-order valence-electron chi connectivity index (χ4n) is 1.73. The Morgan fingerprint density at radius 3 is 2.62 bits per heavy atom. The molecule has 0 aliphatic heterocycles. The molecule has 0 bridgehead atoms. The van der Waals surface area contributed by atoms with Gasteiger partial charge < -0.3 is 5.73 Å². The first kappa shape index (κ1) is 10.9.